The van der Waals surface area contributed by atoms with E-state index in [9.17, 15) is 0 Å². The van der Waals surface area contributed by atoms with E-state index in [0.717, 1.165) is 6.54 Å². The monoisotopic (exact) mass is 193 g/mol. The molecule has 0 heterocycles. The minimum Gasteiger partial charge on any atom is -0.308 e. The summed E-state index contributed by atoms with van der Waals surface area (Å²) in [6.45, 7) is 5.58. The summed E-state index contributed by atoms with van der Waals surface area (Å²) in [5, 5.41) is 3.74. The van der Waals surface area contributed by atoms with Crippen molar-refractivity contribution in [1.29, 1.82) is 0 Å². The van der Waals surface area contributed by atoms with Gasteiger partial charge in [-0.05, 0) is 13.8 Å². The van der Waals surface area contributed by atoms with Crippen LogP contribution in [0, 0.1) is 0 Å². The molecule has 3 heteroatoms. The molecule has 0 aromatic carbocycles. The Morgan fingerprint density at radius 3 is 2.55 bits per heavy atom. The lowest BCUT2D eigenvalue weighted by Gasteiger charge is -1.98. The maximum atomic E-state index is 5.63. The minimum absolute atomic E-state index is 0.633. The molecule has 11 heavy (non-hydrogen) atoms. The Balaban J connectivity index is 3.36. The van der Waals surface area contributed by atoms with E-state index in [-0.39, 0.29) is 0 Å². The molecule has 0 bridgehead atoms. The van der Waals surface area contributed by atoms with Crippen LogP contribution in [-0.4, -0.2) is 13.1 Å². The van der Waals surface area contributed by atoms with Crippen LogP contribution < -0.4 is 5.32 Å². The summed E-state index contributed by atoms with van der Waals surface area (Å²) in [6.07, 6.45) is 2.10. The van der Waals surface area contributed by atoms with Gasteiger partial charge >= 0.3 is 0 Å². The van der Waals surface area contributed by atoms with E-state index >= 15 is 0 Å². The van der Waals surface area contributed by atoms with Crippen LogP contribution in [0.1, 0.15) is 13.8 Å². The van der Waals surface area contributed by atoms with Gasteiger partial charge in [-0.15, -0.1) is 0 Å². The van der Waals surface area contributed by atoms with E-state index in [0.29, 0.717) is 11.6 Å². The molecule has 0 unspecified atom stereocenters. The van der Waals surface area contributed by atoms with Gasteiger partial charge < -0.3 is 5.32 Å². The SMILES string of the molecule is CC(C)=CCNCC(Cl)=CCl. The Morgan fingerprint density at radius 1 is 1.45 bits per heavy atom. The fourth-order valence-electron chi connectivity index (χ4n) is 0.506. The highest BCUT2D eigenvalue weighted by molar-refractivity contribution is 6.36. The van der Waals surface area contributed by atoms with Gasteiger partial charge in [-0.3, -0.25) is 0 Å². The highest BCUT2D eigenvalue weighted by Gasteiger charge is 1.87. The van der Waals surface area contributed by atoms with Gasteiger partial charge in [-0.1, -0.05) is 34.9 Å². The van der Waals surface area contributed by atoms with Crippen LogP contribution in [0.4, 0.5) is 0 Å². The first kappa shape index (κ1) is 11.0. The lowest BCUT2D eigenvalue weighted by Crippen LogP contribution is -2.15. The van der Waals surface area contributed by atoms with Crippen molar-refractivity contribution in [3.8, 4) is 0 Å². The summed E-state index contributed by atoms with van der Waals surface area (Å²) in [4.78, 5) is 0. The van der Waals surface area contributed by atoms with E-state index in [4.69, 9.17) is 23.2 Å². The van der Waals surface area contributed by atoms with E-state index in [1.165, 1.54) is 11.1 Å². The molecule has 0 aromatic heterocycles. The fourth-order valence-corrected chi connectivity index (χ4v) is 0.678. The smallest absolute Gasteiger partial charge is 0.0432 e. The molecule has 0 aliphatic heterocycles. The van der Waals surface area contributed by atoms with Crippen molar-refractivity contribution < 1.29 is 0 Å². The van der Waals surface area contributed by atoms with Crippen LogP contribution in [-0.2, 0) is 0 Å². The van der Waals surface area contributed by atoms with Gasteiger partial charge in [0.15, 0.2) is 0 Å². The van der Waals surface area contributed by atoms with E-state index in [1.54, 1.807) is 0 Å². The molecular weight excluding hydrogens is 181 g/mol. The van der Waals surface area contributed by atoms with Crippen LogP contribution in [0.25, 0.3) is 0 Å². The van der Waals surface area contributed by atoms with Gasteiger partial charge in [0.05, 0.1) is 0 Å². The summed E-state index contributed by atoms with van der Waals surface area (Å²) in [6, 6.07) is 0. The van der Waals surface area contributed by atoms with E-state index in [1.807, 2.05) is 0 Å². The van der Waals surface area contributed by atoms with Gasteiger partial charge in [0.2, 0.25) is 0 Å². The Kier molecular flexibility index (Phi) is 6.73. The molecule has 0 aliphatic rings. The first-order chi connectivity index (χ1) is 5.16. The molecule has 0 radical (unpaired) electrons. The van der Waals surface area contributed by atoms with Crippen LogP contribution >= 0.6 is 23.2 Å². The molecule has 1 nitrogen and oxygen atoms in total. The predicted molar refractivity (Wildman–Crippen MR) is 52.1 cm³/mol. The van der Waals surface area contributed by atoms with Crippen LogP contribution in [0.3, 0.4) is 0 Å². The molecule has 0 saturated heterocycles. The average molecular weight is 194 g/mol. The van der Waals surface area contributed by atoms with Crippen LogP contribution in [0.15, 0.2) is 22.2 Å². The molecule has 0 saturated carbocycles. The molecule has 0 fully saturated rings. The highest BCUT2D eigenvalue weighted by Crippen LogP contribution is 1.99. The topological polar surface area (TPSA) is 12.0 Å². The van der Waals surface area contributed by atoms with Crippen LogP contribution in [0.2, 0.25) is 0 Å². The summed E-state index contributed by atoms with van der Waals surface area (Å²) in [7, 11) is 0. The lowest BCUT2D eigenvalue weighted by molar-refractivity contribution is 0.831. The van der Waals surface area contributed by atoms with Crippen molar-refractivity contribution in [3.05, 3.63) is 22.2 Å². The average Bonchev–Trinajstić information content (AvgIpc) is 1.97. The standard InChI is InChI=1S/C8H13Cl2N/c1-7(2)3-4-11-6-8(10)5-9/h3,5,11H,4,6H2,1-2H3. The number of nitrogens with one attached hydrogen (secondary N) is 1. The lowest BCUT2D eigenvalue weighted by atomic mass is 10.3. The third-order valence-electron chi connectivity index (χ3n) is 1.07. The highest BCUT2D eigenvalue weighted by atomic mass is 35.5. The van der Waals surface area contributed by atoms with E-state index < -0.39 is 0 Å². The van der Waals surface area contributed by atoms with Gasteiger partial charge in [-0.25, -0.2) is 0 Å². The molecule has 0 spiro atoms. The fraction of sp³-hybridized carbons (Fsp3) is 0.500. The zero-order valence-electron chi connectivity index (χ0n) is 6.82. The maximum absolute atomic E-state index is 5.63. The van der Waals surface area contributed by atoms with Crippen molar-refractivity contribution in [1.82, 2.24) is 5.32 Å². The summed E-state index contributed by atoms with van der Waals surface area (Å²) >= 11 is 11.0. The second-order valence-electron chi connectivity index (χ2n) is 2.47. The molecule has 1 N–H and O–H groups in total. The first-order valence-corrected chi connectivity index (χ1v) is 4.27. The Morgan fingerprint density at radius 2 is 2.09 bits per heavy atom. The molecular formula is C8H13Cl2N. The van der Waals surface area contributed by atoms with Crippen molar-refractivity contribution in [2.75, 3.05) is 13.1 Å². The number of rotatable bonds is 4. The second kappa shape index (κ2) is 6.71. The van der Waals surface area contributed by atoms with Crippen LogP contribution in [0.5, 0.6) is 0 Å². The quantitative estimate of drug-likeness (QED) is 0.536. The van der Waals surface area contributed by atoms with Crippen molar-refractivity contribution in [2.24, 2.45) is 0 Å². The first-order valence-electron chi connectivity index (χ1n) is 3.45. The molecule has 0 aromatic rings. The third kappa shape index (κ3) is 7.92. The molecule has 0 aliphatic carbocycles. The second-order valence-corrected chi connectivity index (χ2v) is 3.17. The molecule has 64 valence electrons. The third-order valence-corrected chi connectivity index (χ3v) is 1.68. The van der Waals surface area contributed by atoms with Gasteiger partial charge in [0, 0.05) is 23.7 Å². The largest absolute Gasteiger partial charge is 0.308 e. The number of allylic oxidation sites excluding steroid dienone is 1. The summed E-state index contributed by atoms with van der Waals surface area (Å²) < 4.78 is 0. The molecule has 0 atom stereocenters. The number of halogens is 2. The van der Waals surface area contributed by atoms with E-state index in [2.05, 4.69) is 25.2 Å². The zero-order valence-corrected chi connectivity index (χ0v) is 8.34. The molecule has 0 rings (SSSR count). The normalized spacial score (nSPS) is 11.5. The van der Waals surface area contributed by atoms with Gasteiger partial charge in [0.1, 0.15) is 0 Å². The Bertz CT molecular complexity index is 157. The molecule has 0 amide bonds. The Hall–Kier alpha value is 0.0200. The van der Waals surface area contributed by atoms with Crippen molar-refractivity contribution >= 4 is 23.2 Å². The summed E-state index contributed by atoms with van der Waals surface area (Å²) in [5.74, 6) is 0. The predicted octanol–water partition coefficient (Wildman–Crippen LogP) is 2.86. The number of hydrogen-bond acceptors (Lipinski definition) is 1. The van der Waals surface area contributed by atoms with Crippen molar-refractivity contribution in [2.45, 2.75) is 13.8 Å². The van der Waals surface area contributed by atoms with Gasteiger partial charge in [0.25, 0.3) is 0 Å². The van der Waals surface area contributed by atoms with Gasteiger partial charge in [-0.2, -0.15) is 0 Å². The Labute approximate surface area is 78.1 Å². The zero-order chi connectivity index (χ0) is 8.69. The minimum atomic E-state index is 0.633. The number of hydrogen-bond donors (Lipinski definition) is 1. The van der Waals surface area contributed by atoms with Crippen molar-refractivity contribution in [3.63, 3.8) is 0 Å². The maximum Gasteiger partial charge on any atom is 0.0432 e. The summed E-state index contributed by atoms with van der Waals surface area (Å²) in [5.41, 5.74) is 2.67.